The van der Waals surface area contributed by atoms with Gasteiger partial charge in [-0.25, -0.2) is 0 Å². The fourth-order valence-electron chi connectivity index (χ4n) is 1.76. The summed E-state index contributed by atoms with van der Waals surface area (Å²) in [6.45, 7) is 5.58. The van der Waals surface area contributed by atoms with Gasteiger partial charge in [0.15, 0.2) is 0 Å². The normalized spacial score (nSPS) is 15.5. The molecule has 0 aromatic heterocycles. The average Bonchev–Trinajstić information content (AvgIpc) is 2.71. The van der Waals surface area contributed by atoms with Crippen LogP contribution in [0, 0.1) is 0 Å². The molecule has 0 amide bonds. The largest absolute Gasteiger partial charge is 0.348 e. The molecule has 0 fully saturated rings. The molecule has 0 N–H and O–H groups in total. The topological polar surface area (TPSA) is 3.24 Å². The lowest BCUT2D eigenvalue weighted by atomic mass is 10.0. The van der Waals surface area contributed by atoms with Crippen molar-refractivity contribution in [1.82, 2.24) is 0 Å². The first kappa shape index (κ1) is 9.32. The fraction of sp³-hybridized carbons (Fsp3) is 0.385. The van der Waals surface area contributed by atoms with E-state index in [1.54, 1.807) is 0 Å². The summed E-state index contributed by atoms with van der Waals surface area (Å²) in [4.78, 5) is 2.30. The lowest BCUT2D eigenvalue weighted by molar-refractivity contribution is 0.866. The van der Waals surface area contributed by atoms with E-state index in [9.17, 15) is 0 Å². The standard InChI is InChI=1S/C13H17N/c1-11(2)12-5-7-13(8-6-12)14-9-3-4-10-14/h3,5-9,11H,4,10H2,1-2H3. The summed E-state index contributed by atoms with van der Waals surface area (Å²) in [7, 11) is 0. The number of anilines is 1. The molecule has 0 atom stereocenters. The molecule has 1 heteroatoms. The Balaban J connectivity index is 2.17. The van der Waals surface area contributed by atoms with Crippen molar-refractivity contribution in [3.63, 3.8) is 0 Å². The smallest absolute Gasteiger partial charge is 0.0406 e. The number of benzene rings is 1. The molecule has 74 valence electrons. The van der Waals surface area contributed by atoms with Crippen molar-refractivity contribution >= 4 is 5.69 Å². The maximum atomic E-state index is 2.30. The Bertz CT molecular complexity index is 322. The predicted molar refractivity (Wildman–Crippen MR) is 61.6 cm³/mol. The first-order valence-corrected chi connectivity index (χ1v) is 5.30. The first-order chi connectivity index (χ1) is 6.77. The highest BCUT2D eigenvalue weighted by atomic mass is 15.1. The quantitative estimate of drug-likeness (QED) is 0.684. The monoisotopic (exact) mass is 187 g/mol. The van der Waals surface area contributed by atoms with E-state index in [0.717, 1.165) is 6.54 Å². The molecule has 0 bridgehead atoms. The van der Waals surface area contributed by atoms with Gasteiger partial charge >= 0.3 is 0 Å². The Kier molecular flexibility index (Phi) is 2.58. The van der Waals surface area contributed by atoms with E-state index in [0.29, 0.717) is 5.92 Å². The number of rotatable bonds is 2. The van der Waals surface area contributed by atoms with Gasteiger partial charge in [0.1, 0.15) is 0 Å². The van der Waals surface area contributed by atoms with Crippen molar-refractivity contribution in [3.8, 4) is 0 Å². The van der Waals surface area contributed by atoms with Crippen molar-refractivity contribution in [2.45, 2.75) is 26.2 Å². The highest BCUT2D eigenvalue weighted by molar-refractivity contribution is 5.51. The molecule has 14 heavy (non-hydrogen) atoms. The van der Waals surface area contributed by atoms with E-state index in [1.165, 1.54) is 17.7 Å². The molecule has 0 saturated carbocycles. The summed E-state index contributed by atoms with van der Waals surface area (Å²) in [5.74, 6) is 0.623. The van der Waals surface area contributed by atoms with Crippen LogP contribution in [-0.2, 0) is 0 Å². The molecule has 1 aliphatic rings. The average molecular weight is 187 g/mol. The summed E-state index contributed by atoms with van der Waals surface area (Å²) in [5, 5.41) is 0. The zero-order valence-electron chi connectivity index (χ0n) is 8.90. The fourth-order valence-corrected chi connectivity index (χ4v) is 1.76. The molecule has 0 aliphatic carbocycles. The van der Waals surface area contributed by atoms with Gasteiger partial charge in [0, 0.05) is 18.4 Å². The van der Waals surface area contributed by atoms with E-state index >= 15 is 0 Å². The molecule has 0 radical (unpaired) electrons. The molecule has 0 unspecified atom stereocenters. The Morgan fingerprint density at radius 2 is 1.86 bits per heavy atom. The van der Waals surface area contributed by atoms with Crippen LogP contribution in [0.15, 0.2) is 36.5 Å². The number of hydrogen-bond donors (Lipinski definition) is 0. The van der Waals surface area contributed by atoms with Crippen LogP contribution in [0.3, 0.4) is 0 Å². The van der Waals surface area contributed by atoms with Crippen molar-refractivity contribution in [2.24, 2.45) is 0 Å². The molecular weight excluding hydrogens is 170 g/mol. The molecule has 2 rings (SSSR count). The summed E-state index contributed by atoms with van der Waals surface area (Å²) in [6.07, 6.45) is 5.56. The third-order valence-electron chi connectivity index (χ3n) is 2.71. The Morgan fingerprint density at radius 1 is 1.14 bits per heavy atom. The van der Waals surface area contributed by atoms with E-state index < -0.39 is 0 Å². The number of hydrogen-bond acceptors (Lipinski definition) is 1. The van der Waals surface area contributed by atoms with Gasteiger partial charge in [-0.05, 0) is 30.0 Å². The van der Waals surface area contributed by atoms with Crippen molar-refractivity contribution in [1.29, 1.82) is 0 Å². The minimum Gasteiger partial charge on any atom is -0.348 e. The van der Waals surface area contributed by atoms with Crippen LogP contribution in [0.1, 0.15) is 31.7 Å². The minimum absolute atomic E-state index is 0.623. The van der Waals surface area contributed by atoms with Gasteiger partial charge in [-0.1, -0.05) is 32.1 Å². The second-order valence-electron chi connectivity index (χ2n) is 4.11. The van der Waals surface area contributed by atoms with Crippen LogP contribution in [-0.4, -0.2) is 6.54 Å². The van der Waals surface area contributed by atoms with Crippen LogP contribution in [0.5, 0.6) is 0 Å². The van der Waals surface area contributed by atoms with Gasteiger partial charge in [-0.3, -0.25) is 0 Å². The van der Waals surface area contributed by atoms with E-state index in [2.05, 4.69) is 55.3 Å². The SMILES string of the molecule is CC(C)c1ccc(N2C=CCC2)cc1. The predicted octanol–water partition coefficient (Wildman–Crippen LogP) is 3.53. The second-order valence-corrected chi connectivity index (χ2v) is 4.11. The van der Waals surface area contributed by atoms with Crippen LogP contribution in [0.25, 0.3) is 0 Å². The van der Waals surface area contributed by atoms with Crippen molar-refractivity contribution < 1.29 is 0 Å². The Labute approximate surface area is 86.1 Å². The maximum Gasteiger partial charge on any atom is 0.0406 e. The summed E-state index contributed by atoms with van der Waals surface area (Å²) in [5.41, 5.74) is 2.72. The highest BCUT2D eigenvalue weighted by Crippen LogP contribution is 2.22. The molecule has 0 spiro atoms. The van der Waals surface area contributed by atoms with Crippen LogP contribution in [0.4, 0.5) is 5.69 Å². The Morgan fingerprint density at radius 3 is 2.36 bits per heavy atom. The lowest BCUT2D eigenvalue weighted by Crippen LogP contribution is -2.11. The van der Waals surface area contributed by atoms with Gasteiger partial charge in [0.05, 0.1) is 0 Å². The summed E-state index contributed by atoms with van der Waals surface area (Å²) < 4.78 is 0. The molecule has 1 aliphatic heterocycles. The zero-order chi connectivity index (χ0) is 9.97. The van der Waals surface area contributed by atoms with E-state index in [1.807, 2.05) is 0 Å². The first-order valence-electron chi connectivity index (χ1n) is 5.30. The molecule has 1 aromatic rings. The van der Waals surface area contributed by atoms with Gasteiger partial charge in [0.25, 0.3) is 0 Å². The van der Waals surface area contributed by atoms with Crippen molar-refractivity contribution in [2.75, 3.05) is 11.4 Å². The molecule has 1 nitrogen and oxygen atoms in total. The molecule has 0 saturated heterocycles. The minimum atomic E-state index is 0.623. The third-order valence-corrected chi connectivity index (χ3v) is 2.71. The van der Waals surface area contributed by atoms with Gasteiger partial charge in [-0.15, -0.1) is 0 Å². The van der Waals surface area contributed by atoms with Gasteiger partial charge in [-0.2, -0.15) is 0 Å². The van der Waals surface area contributed by atoms with E-state index in [4.69, 9.17) is 0 Å². The van der Waals surface area contributed by atoms with E-state index in [-0.39, 0.29) is 0 Å². The molecular formula is C13H17N. The van der Waals surface area contributed by atoms with Gasteiger partial charge < -0.3 is 4.90 Å². The highest BCUT2D eigenvalue weighted by Gasteiger charge is 2.06. The summed E-state index contributed by atoms with van der Waals surface area (Å²) in [6, 6.07) is 8.88. The zero-order valence-corrected chi connectivity index (χ0v) is 8.90. The lowest BCUT2D eigenvalue weighted by Gasteiger charge is -2.16. The third kappa shape index (κ3) is 1.82. The van der Waals surface area contributed by atoms with Crippen LogP contribution < -0.4 is 4.90 Å². The van der Waals surface area contributed by atoms with Crippen LogP contribution >= 0.6 is 0 Å². The Hall–Kier alpha value is -1.24. The maximum absolute atomic E-state index is 2.30. The number of nitrogens with zero attached hydrogens (tertiary/aromatic N) is 1. The second kappa shape index (κ2) is 3.87. The molecule has 1 aromatic carbocycles. The van der Waals surface area contributed by atoms with Gasteiger partial charge in [0.2, 0.25) is 0 Å². The van der Waals surface area contributed by atoms with Crippen LogP contribution in [0.2, 0.25) is 0 Å². The van der Waals surface area contributed by atoms with Crippen molar-refractivity contribution in [3.05, 3.63) is 42.1 Å². The molecule has 1 heterocycles. The summed E-state index contributed by atoms with van der Waals surface area (Å²) >= 11 is 0.